The van der Waals surface area contributed by atoms with Crippen molar-refractivity contribution >= 4 is 55.1 Å². The third-order valence-electron chi connectivity index (χ3n) is 3.05. The van der Waals surface area contributed by atoms with Crippen molar-refractivity contribution in [2.45, 2.75) is 19.8 Å². The Morgan fingerprint density at radius 1 is 1.23 bits per heavy atom. The third-order valence-corrected chi connectivity index (χ3v) is 5.38. The predicted molar refractivity (Wildman–Crippen MR) is 97.5 cm³/mol. The number of H-pyrrole nitrogens is 1. The third kappa shape index (κ3) is 4.28. The second-order valence-electron chi connectivity index (χ2n) is 4.71. The summed E-state index contributed by atoms with van der Waals surface area (Å²) in [6, 6.07) is 5.12. The molecule has 3 nitrogen and oxygen atoms in total. The van der Waals surface area contributed by atoms with Gasteiger partial charge in [0.05, 0.1) is 20.6 Å². The first-order valence-corrected chi connectivity index (χ1v) is 8.89. The van der Waals surface area contributed by atoms with E-state index in [4.69, 9.17) is 27.9 Å². The van der Waals surface area contributed by atoms with Gasteiger partial charge in [-0.2, -0.15) is 0 Å². The van der Waals surface area contributed by atoms with Crippen molar-refractivity contribution in [3.63, 3.8) is 0 Å². The van der Waals surface area contributed by atoms with Gasteiger partial charge in [-0.25, -0.2) is 0 Å². The molecule has 2 aromatic rings. The van der Waals surface area contributed by atoms with Crippen LogP contribution in [0.4, 0.5) is 0 Å². The first-order valence-electron chi connectivity index (χ1n) is 6.54. The van der Waals surface area contributed by atoms with Crippen molar-refractivity contribution < 1.29 is 4.74 Å². The Bertz CT molecular complexity index is 747. The summed E-state index contributed by atoms with van der Waals surface area (Å²) in [7, 11) is 0. The van der Waals surface area contributed by atoms with E-state index < -0.39 is 0 Å². The van der Waals surface area contributed by atoms with Crippen LogP contribution in [-0.4, -0.2) is 11.6 Å². The van der Waals surface area contributed by atoms with Crippen molar-refractivity contribution in [2.75, 3.05) is 6.61 Å². The van der Waals surface area contributed by atoms with Crippen molar-refractivity contribution in [1.82, 2.24) is 4.98 Å². The van der Waals surface area contributed by atoms with Gasteiger partial charge in [-0.3, -0.25) is 4.79 Å². The fraction of sp³-hybridized carbons (Fsp3) is 0.267. The van der Waals surface area contributed by atoms with Crippen LogP contribution in [0.2, 0.25) is 10.0 Å². The summed E-state index contributed by atoms with van der Waals surface area (Å²) >= 11 is 18.5. The molecule has 0 aliphatic rings. The molecule has 0 unspecified atom stereocenters. The minimum absolute atomic E-state index is 0.0482. The highest BCUT2D eigenvalue weighted by Gasteiger charge is 2.11. The fourth-order valence-electron chi connectivity index (χ4n) is 1.94. The van der Waals surface area contributed by atoms with Gasteiger partial charge in [-0.15, -0.1) is 0 Å². The van der Waals surface area contributed by atoms with Crippen molar-refractivity contribution in [3.05, 3.63) is 58.8 Å². The van der Waals surface area contributed by atoms with Gasteiger partial charge in [0.2, 0.25) is 5.43 Å². The molecule has 0 atom stereocenters. The zero-order chi connectivity index (χ0) is 16.3. The van der Waals surface area contributed by atoms with Crippen LogP contribution in [0.25, 0.3) is 0 Å². The van der Waals surface area contributed by atoms with Crippen LogP contribution in [0, 0.1) is 6.92 Å². The highest BCUT2D eigenvalue weighted by Crippen LogP contribution is 2.27. The van der Waals surface area contributed by atoms with Gasteiger partial charge < -0.3 is 9.72 Å². The lowest BCUT2D eigenvalue weighted by Crippen LogP contribution is -2.12. The van der Waals surface area contributed by atoms with Crippen molar-refractivity contribution in [3.8, 4) is 5.75 Å². The monoisotopic (exact) mass is 467 g/mol. The predicted octanol–water partition coefficient (Wildman–Crippen LogP) is 5.53. The number of hydrogen-bond donors (Lipinski definition) is 1. The minimum Gasteiger partial charge on any atom is -0.492 e. The van der Waals surface area contributed by atoms with E-state index in [2.05, 4.69) is 36.8 Å². The average molecular weight is 470 g/mol. The molecule has 0 spiro atoms. The summed E-state index contributed by atoms with van der Waals surface area (Å²) < 4.78 is 6.73. The minimum atomic E-state index is -0.0482. The maximum absolute atomic E-state index is 12.0. The van der Waals surface area contributed by atoms with Gasteiger partial charge in [0.25, 0.3) is 0 Å². The number of ether oxygens (including phenoxy) is 1. The Morgan fingerprint density at radius 2 is 1.95 bits per heavy atom. The molecular weight excluding hydrogens is 457 g/mol. The van der Waals surface area contributed by atoms with Gasteiger partial charge in [0.15, 0.2) is 0 Å². The quantitative estimate of drug-likeness (QED) is 0.585. The molecule has 2 rings (SSSR count). The molecular formula is C15H13Br2Cl2NO2. The van der Waals surface area contributed by atoms with Gasteiger partial charge in [-0.1, -0.05) is 23.2 Å². The van der Waals surface area contributed by atoms with Crippen LogP contribution in [-0.2, 0) is 6.42 Å². The average Bonchev–Trinajstić information content (AvgIpc) is 2.48. The molecule has 22 heavy (non-hydrogen) atoms. The lowest BCUT2D eigenvalue weighted by molar-refractivity contribution is 0.310. The number of aryl methyl sites for hydroxylation is 2. The van der Waals surface area contributed by atoms with Crippen molar-refractivity contribution in [2.24, 2.45) is 0 Å². The van der Waals surface area contributed by atoms with Gasteiger partial charge in [0.1, 0.15) is 5.75 Å². The zero-order valence-corrected chi connectivity index (χ0v) is 16.4. The van der Waals surface area contributed by atoms with Crippen LogP contribution in [0.5, 0.6) is 5.75 Å². The molecule has 0 amide bonds. The molecule has 1 heterocycles. The van der Waals surface area contributed by atoms with E-state index in [1.807, 2.05) is 6.92 Å². The van der Waals surface area contributed by atoms with E-state index in [0.717, 1.165) is 17.8 Å². The van der Waals surface area contributed by atoms with E-state index in [9.17, 15) is 4.79 Å². The highest BCUT2D eigenvalue weighted by atomic mass is 79.9. The first-order chi connectivity index (χ1) is 10.4. The Labute approximate surface area is 155 Å². The Morgan fingerprint density at radius 3 is 2.64 bits per heavy atom. The Kier molecular flexibility index (Phi) is 6.38. The molecule has 1 N–H and O–H groups in total. The molecule has 0 saturated carbocycles. The number of pyridine rings is 1. The summed E-state index contributed by atoms with van der Waals surface area (Å²) in [5.74, 6) is 0.602. The van der Waals surface area contributed by atoms with E-state index in [0.29, 0.717) is 37.8 Å². The summed E-state index contributed by atoms with van der Waals surface area (Å²) in [4.78, 5) is 15.2. The summed E-state index contributed by atoms with van der Waals surface area (Å²) in [5, 5.41) is 1.06. The number of rotatable bonds is 5. The molecule has 0 bridgehead atoms. The standard InChI is InChI=1S/C15H13Br2Cl2NO2/c1-8-13(16)15(21)14(17)11(20-8)3-2-6-22-12-5-4-9(18)7-10(12)19/h4-5,7H,2-3,6H2,1H3,(H,20,21). The Hall–Kier alpha value is -0.490. The lowest BCUT2D eigenvalue weighted by atomic mass is 10.2. The number of nitrogens with one attached hydrogen (secondary N) is 1. The topological polar surface area (TPSA) is 42.1 Å². The van der Waals surface area contributed by atoms with Gasteiger partial charge in [0, 0.05) is 16.4 Å². The fourth-order valence-corrected chi connectivity index (χ4v) is 3.46. The molecule has 1 aromatic carbocycles. The lowest BCUT2D eigenvalue weighted by Gasteiger charge is -2.10. The maximum atomic E-state index is 12.0. The largest absolute Gasteiger partial charge is 0.492 e. The number of halogens is 4. The van der Waals surface area contributed by atoms with Crippen LogP contribution < -0.4 is 10.2 Å². The molecule has 0 aliphatic carbocycles. The van der Waals surface area contributed by atoms with Gasteiger partial charge >= 0.3 is 0 Å². The van der Waals surface area contributed by atoms with E-state index in [1.165, 1.54) is 0 Å². The summed E-state index contributed by atoms with van der Waals surface area (Å²) in [6.07, 6.45) is 1.43. The Balaban J connectivity index is 1.96. The summed E-state index contributed by atoms with van der Waals surface area (Å²) in [5.41, 5.74) is 1.62. The molecule has 0 fully saturated rings. The first kappa shape index (κ1) is 17.9. The van der Waals surface area contributed by atoms with Crippen molar-refractivity contribution in [1.29, 1.82) is 0 Å². The molecule has 0 radical (unpaired) electrons. The number of hydrogen-bond acceptors (Lipinski definition) is 2. The van der Waals surface area contributed by atoms with Crippen LogP contribution >= 0.6 is 55.1 Å². The van der Waals surface area contributed by atoms with E-state index in [1.54, 1.807) is 18.2 Å². The number of benzene rings is 1. The van der Waals surface area contributed by atoms with E-state index in [-0.39, 0.29) is 5.43 Å². The molecule has 1 aromatic heterocycles. The van der Waals surface area contributed by atoms with Crippen LogP contribution in [0.3, 0.4) is 0 Å². The number of aromatic amines is 1. The molecule has 0 saturated heterocycles. The number of aromatic nitrogens is 1. The smallest absolute Gasteiger partial charge is 0.210 e. The molecule has 118 valence electrons. The SMILES string of the molecule is Cc1[nH]c(CCCOc2ccc(Cl)cc2Cl)c(Br)c(=O)c1Br. The van der Waals surface area contributed by atoms with Crippen LogP contribution in [0.15, 0.2) is 31.9 Å². The normalized spacial score (nSPS) is 10.8. The van der Waals surface area contributed by atoms with E-state index >= 15 is 0 Å². The maximum Gasteiger partial charge on any atom is 0.210 e. The summed E-state index contributed by atoms with van der Waals surface area (Å²) in [6.45, 7) is 2.34. The highest BCUT2D eigenvalue weighted by molar-refractivity contribution is 9.11. The molecule has 0 aliphatic heterocycles. The zero-order valence-electron chi connectivity index (χ0n) is 11.7. The second-order valence-corrected chi connectivity index (χ2v) is 7.14. The molecule has 7 heteroatoms. The van der Waals surface area contributed by atoms with Crippen LogP contribution in [0.1, 0.15) is 17.8 Å². The van der Waals surface area contributed by atoms with Gasteiger partial charge in [-0.05, 0) is 69.8 Å². The second kappa shape index (κ2) is 7.86.